The van der Waals surface area contributed by atoms with Crippen LogP contribution in [-0.2, 0) is 9.53 Å². The number of fused-ring (bicyclic) bond motifs is 1. The Bertz CT molecular complexity index is 1120. The van der Waals surface area contributed by atoms with Gasteiger partial charge in [0.25, 0.3) is 5.56 Å². The number of nitrogens with zero attached hydrogens (tertiary/aromatic N) is 2. The Morgan fingerprint density at radius 3 is 2.68 bits per heavy atom. The molecule has 3 rings (SSSR count). The van der Waals surface area contributed by atoms with E-state index in [1.165, 1.54) is 17.3 Å². The van der Waals surface area contributed by atoms with Gasteiger partial charge >= 0.3 is 0 Å². The van der Waals surface area contributed by atoms with Crippen LogP contribution in [0.4, 0.5) is 0 Å². The van der Waals surface area contributed by atoms with Gasteiger partial charge in [0.05, 0.1) is 29.0 Å². The molecule has 0 radical (unpaired) electrons. The zero-order valence-electron chi connectivity index (χ0n) is 17.9. The molecular formula is C23H26ClN3O3S. The molecule has 0 unspecified atom stereocenters. The van der Waals surface area contributed by atoms with E-state index in [-0.39, 0.29) is 17.2 Å². The first kappa shape index (κ1) is 23.3. The Balaban J connectivity index is 2.00. The summed E-state index contributed by atoms with van der Waals surface area (Å²) in [5, 5.41) is 4.20. The fraction of sp³-hybridized carbons (Fsp3) is 0.348. The van der Waals surface area contributed by atoms with Gasteiger partial charge in [0, 0.05) is 18.7 Å². The van der Waals surface area contributed by atoms with Crippen molar-refractivity contribution in [2.75, 3.05) is 26.0 Å². The number of aromatic nitrogens is 2. The third-order valence-electron chi connectivity index (χ3n) is 5.09. The molecule has 6 nitrogen and oxygen atoms in total. The Morgan fingerprint density at radius 1 is 1.26 bits per heavy atom. The number of carbonyl (C=O) groups is 1. The molecule has 1 atom stereocenters. The summed E-state index contributed by atoms with van der Waals surface area (Å²) in [6.07, 6.45) is 1.04. The van der Waals surface area contributed by atoms with Crippen LogP contribution in [-0.4, -0.2) is 41.5 Å². The summed E-state index contributed by atoms with van der Waals surface area (Å²) >= 11 is 7.32. The Morgan fingerprint density at radius 2 is 2.00 bits per heavy atom. The molecule has 0 aliphatic heterocycles. The number of halogens is 1. The van der Waals surface area contributed by atoms with E-state index >= 15 is 0 Å². The number of benzene rings is 2. The average Bonchev–Trinajstić information content (AvgIpc) is 2.77. The Hall–Kier alpha value is -2.35. The molecule has 0 fully saturated rings. The summed E-state index contributed by atoms with van der Waals surface area (Å²) in [7, 11) is 1.58. The highest BCUT2D eigenvalue weighted by molar-refractivity contribution is 7.99. The molecule has 1 heterocycles. The maximum atomic E-state index is 13.3. The van der Waals surface area contributed by atoms with Crippen molar-refractivity contribution in [1.82, 2.24) is 14.9 Å². The normalized spacial score (nSPS) is 12.1. The van der Waals surface area contributed by atoms with Gasteiger partial charge < -0.3 is 10.1 Å². The quantitative estimate of drug-likeness (QED) is 0.291. The maximum Gasteiger partial charge on any atom is 0.266 e. The molecule has 0 saturated heterocycles. The second-order valence-corrected chi connectivity index (χ2v) is 8.61. The van der Waals surface area contributed by atoms with Gasteiger partial charge in [-0.1, -0.05) is 49.3 Å². The molecule has 0 aliphatic carbocycles. The number of thioether (sulfide) groups is 1. The summed E-state index contributed by atoms with van der Waals surface area (Å²) in [4.78, 5) is 30.2. The van der Waals surface area contributed by atoms with E-state index in [0.717, 1.165) is 6.42 Å². The molecule has 0 spiro atoms. The van der Waals surface area contributed by atoms with Gasteiger partial charge in [0.1, 0.15) is 0 Å². The number of ether oxygens (including phenoxy) is 1. The van der Waals surface area contributed by atoms with Crippen LogP contribution in [0.25, 0.3) is 16.6 Å². The minimum absolute atomic E-state index is 0.132. The van der Waals surface area contributed by atoms with Crippen molar-refractivity contribution in [3.05, 3.63) is 63.4 Å². The van der Waals surface area contributed by atoms with E-state index in [4.69, 9.17) is 16.3 Å². The standard InChI is InChI=1S/C23H26ClN3O3S/c1-4-15(2)16-5-8-18(9-6-16)27-22(29)19-10-7-17(24)13-20(19)26-23(27)31-14-21(28)25-11-12-30-3/h5-10,13,15H,4,11-12,14H2,1-3H3,(H,25,28)/t15-/m1/s1. The third kappa shape index (κ3) is 5.67. The van der Waals surface area contributed by atoms with E-state index in [9.17, 15) is 9.59 Å². The number of methoxy groups -OCH3 is 1. The molecule has 164 valence electrons. The summed E-state index contributed by atoms with van der Waals surface area (Å²) in [5.41, 5.74) is 2.24. The monoisotopic (exact) mass is 459 g/mol. The van der Waals surface area contributed by atoms with Gasteiger partial charge in [-0.15, -0.1) is 0 Å². The van der Waals surface area contributed by atoms with Gasteiger partial charge in [-0.25, -0.2) is 4.98 Å². The summed E-state index contributed by atoms with van der Waals surface area (Å²) in [5.74, 6) is 0.418. The van der Waals surface area contributed by atoms with Gasteiger partial charge in [-0.2, -0.15) is 0 Å². The predicted octanol–water partition coefficient (Wildman–Crippen LogP) is 4.41. The Labute approximate surface area is 191 Å². The molecule has 0 saturated carbocycles. The van der Waals surface area contributed by atoms with Crippen molar-refractivity contribution in [3.8, 4) is 5.69 Å². The van der Waals surface area contributed by atoms with Crippen molar-refractivity contribution in [2.45, 2.75) is 31.3 Å². The second-order valence-electron chi connectivity index (χ2n) is 7.23. The minimum atomic E-state index is -0.194. The molecular weight excluding hydrogens is 434 g/mol. The number of nitrogens with one attached hydrogen (secondary N) is 1. The summed E-state index contributed by atoms with van der Waals surface area (Å²) in [6, 6.07) is 12.9. The van der Waals surface area contributed by atoms with E-state index in [2.05, 4.69) is 24.1 Å². The van der Waals surface area contributed by atoms with Crippen molar-refractivity contribution < 1.29 is 9.53 Å². The number of amides is 1. The number of carbonyl (C=O) groups excluding carboxylic acids is 1. The van der Waals surface area contributed by atoms with E-state index in [1.54, 1.807) is 29.9 Å². The van der Waals surface area contributed by atoms with Gasteiger partial charge in [0.2, 0.25) is 5.91 Å². The predicted molar refractivity (Wildman–Crippen MR) is 127 cm³/mol. The molecule has 1 amide bonds. The summed E-state index contributed by atoms with van der Waals surface area (Å²) < 4.78 is 6.51. The topological polar surface area (TPSA) is 73.2 Å². The SMILES string of the molecule is CC[C@@H](C)c1ccc(-n2c(SCC(=O)NCCOC)nc3cc(Cl)ccc3c2=O)cc1. The highest BCUT2D eigenvalue weighted by atomic mass is 35.5. The van der Waals surface area contributed by atoms with Crippen LogP contribution < -0.4 is 10.9 Å². The third-order valence-corrected chi connectivity index (χ3v) is 6.27. The van der Waals surface area contributed by atoms with Crippen LogP contribution in [0.15, 0.2) is 52.4 Å². The summed E-state index contributed by atoms with van der Waals surface area (Å²) in [6.45, 7) is 5.19. The lowest BCUT2D eigenvalue weighted by Crippen LogP contribution is -2.29. The van der Waals surface area contributed by atoms with Crippen molar-refractivity contribution >= 4 is 40.2 Å². The van der Waals surface area contributed by atoms with Crippen LogP contribution in [0.1, 0.15) is 31.7 Å². The van der Waals surface area contributed by atoms with Crippen LogP contribution in [0.5, 0.6) is 0 Å². The van der Waals surface area contributed by atoms with Crippen LogP contribution in [0, 0.1) is 0 Å². The first-order valence-electron chi connectivity index (χ1n) is 10.2. The molecule has 0 aliphatic rings. The number of rotatable bonds is 9. The molecule has 2 aromatic carbocycles. The Kier molecular flexibility index (Phi) is 8.12. The fourth-order valence-electron chi connectivity index (χ4n) is 3.12. The first-order chi connectivity index (χ1) is 14.9. The smallest absolute Gasteiger partial charge is 0.266 e. The van der Waals surface area contributed by atoms with Crippen molar-refractivity contribution in [1.29, 1.82) is 0 Å². The number of hydrogen-bond donors (Lipinski definition) is 1. The van der Waals surface area contributed by atoms with E-state index in [1.807, 2.05) is 24.3 Å². The van der Waals surface area contributed by atoms with Gasteiger partial charge in [0.15, 0.2) is 5.16 Å². The van der Waals surface area contributed by atoms with E-state index < -0.39 is 0 Å². The highest BCUT2D eigenvalue weighted by Gasteiger charge is 2.15. The van der Waals surface area contributed by atoms with Crippen LogP contribution in [0.3, 0.4) is 0 Å². The van der Waals surface area contributed by atoms with E-state index in [0.29, 0.717) is 45.8 Å². The molecule has 1 aromatic heterocycles. The molecule has 0 bridgehead atoms. The van der Waals surface area contributed by atoms with Crippen LogP contribution in [0.2, 0.25) is 5.02 Å². The second kappa shape index (κ2) is 10.8. The lowest BCUT2D eigenvalue weighted by atomic mass is 9.98. The number of hydrogen-bond acceptors (Lipinski definition) is 5. The average molecular weight is 460 g/mol. The zero-order valence-corrected chi connectivity index (χ0v) is 19.4. The first-order valence-corrected chi connectivity index (χ1v) is 11.5. The lowest BCUT2D eigenvalue weighted by molar-refractivity contribution is -0.118. The molecule has 3 aromatic rings. The minimum Gasteiger partial charge on any atom is -0.383 e. The highest BCUT2D eigenvalue weighted by Crippen LogP contribution is 2.25. The lowest BCUT2D eigenvalue weighted by Gasteiger charge is -2.15. The fourth-order valence-corrected chi connectivity index (χ4v) is 4.13. The van der Waals surface area contributed by atoms with Crippen molar-refractivity contribution in [2.24, 2.45) is 0 Å². The van der Waals surface area contributed by atoms with Crippen molar-refractivity contribution in [3.63, 3.8) is 0 Å². The molecule has 1 N–H and O–H groups in total. The maximum absolute atomic E-state index is 13.3. The van der Waals surface area contributed by atoms with Gasteiger partial charge in [-0.05, 0) is 48.2 Å². The van der Waals surface area contributed by atoms with Crippen LogP contribution >= 0.6 is 23.4 Å². The zero-order chi connectivity index (χ0) is 22.4. The largest absolute Gasteiger partial charge is 0.383 e. The molecule has 8 heteroatoms. The molecule has 31 heavy (non-hydrogen) atoms. The van der Waals surface area contributed by atoms with Gasteiger partial charge in [-0.3, -0.25) is 14.2 Å².